The van der Waals surface area contributed by atoms with E-state index in [1.54, 1.807) is 12.1 Å². The molecule has 2 aliphatic rings. The second-order valence-electron chi connectivity index (χ2n) is 6.17. The topological polar surface area (TPSA) is 123 Å². The maximum Gasteiger partial charge on any atom is 0.252 e. The number of aromatic nitrogens is 1. The van der Waals surface area contributed by atoms with E-state index in [0.29, 0.717) is 18.7 Å². The third-order valence-corrected chi connectivity index (χ3v) is 4.29. The van der Waals surface area contributed by atoms with Crippen LogP contribution < -0.4 is 22.1 Å². The second-order valence-corrected chi connectivity index (χ2v) is 6.17. The zero-order valence-electron chi connectivity index (χ0n) is 12.8. The highest BCUT2D eigenvalue weighted by atomic mass is 35.5. The van der Waals surface area contributed by atoms with Crippen molar-refractivity contribution in [2.24, 2.45) is 11.5 Å². The molecule has 0 saturated heterocycles. The normalized spacial score (nSPS) is 19.2. The standard InChI is InChI=1S/C15H21N5O2.ClH/c16-7-8-18-12(21)10-1-2-11(19-9-10)15(5-6-15)20-13(22)14(17)3-4-14;/h1-2,9H,3-8,16-17H2,(H,18,21)(H,20,22);1H. The molecule has 0 radical (unpaired) electrons. The van der Waals surface area contributed by atoms with E-state index in [2.05, 4.69) is 15.6 Å². The van der Waals surface area contributed by atoms with Crippen LogP contribution in [0.15, 0.2) is 18.3 Å². The Balaban J connectivity index is 0.00000192. The van der Waals surface area contributed by atoms with Crippen molar-refractivity contribution >= 4 is 24.2 Å². The van der Waals surface area contributed by atoms with E-state index in [9.17, 15) is 9.59 Å². The summed E-state index contributed by atoms with van der Waals surface area (Å²) in [6.07, 6.45) is 4.70. The minimum Gasteiger partial charge on any atom is -0.351 e. The van der Waals surface area contributed by atoms with Crippen molar-refractivity contribution in [3.05, 3.63) is 29.6 Å². The summed E-state index contributed by atoms with van der Waals surface area (Å²) in [4.78, 5) is 28.3. The number of hydrogen-bond donors (Lipinski definition) is 4. The predicted octanol–water partition coefficient (Wildman–Crippen LogP) is -0.211. The summed E-state index contributed by atoms with van der Waals surface area (Å²) in [5.41, 5.74) is 11.4. The van der Waals surface area contributed by atoms with Gasteiger partial charge in [-0.2, -0.15) is 0 Å². The maximum atomic E-state index is 12.1. The fraction of sp³-hybridized carbons (Fsp3) is 0.533. The molecular weight excluding hydrogens is 318 g/mol. The highest BCUT2D eigenvalue weighted by molar-refractivity contribution is 5.94. The van der Waals surface area contributed by atoms with Crippen molar-refractivity contribution < 1.29 is 9.59 Å². The lowest BCUT2D eigenvalue weighted by Gasteiger charge is -2.19. The molecule has 126 valence electrons. The van der Waals surface area contributed by atoms with E-state index in [0.717, 1.165) is 31.4 Å². The molecule has 2 aliphatic carbocycles. The Morgan fingerprint density at radius 3 is 2.39 bits per heavy atom. The molecule has 1 heterocycles. The molecule has 1 aromatic heterocycles. The van der Waals surface area contributed by atoms with E-state index in [1.165, 1.54) is 6.20 Å². The SMILES string of the molecule is Cl.NCCNC(=O)c1ccc(C2(NC(=O)C3(N)CC3)CC2)nc1. The molecule has 7 nitrogen and oxygen atoms in total. The molecule has 23 heavy (non-hydrogen) atoms. The summed E-state index contributed by atoms with van der Waals surface area (Å²) >= 11 is 0. The Hall–Kier alpha value is -1.70. The molecule has 2 amide bonds. The van der Waals surface area contributed by atoms with Gasteiger partial charge < -0.3 is 22.1 Å². The third kappa shape index (κ3) is 3.63. The van der Waals surface area contributed by atoms with Crippen LogP contribution in [0.1, 0.15) is 41.7 Å². The van der Waals surface area contributed by atoms with Crippen LogP contribution in [-0.2, 0) is 10.3 Å². The van der Waals surface area contributed by atoms with Crippen LogP contribution in [0.4, 0.5) is 0 Å². The summed E-state index contributed by atoms with van der Waals surface area (Å²) < 4.78 is 0. The Kier molecular flexibility index (Phi) is 4.93. The van der Waals surface area contributed by atoms with E-state index < -0.39 is 11.1 Å². The monoisotopic (exact) mass is 339 g/mol. The lowest BCUT2D eigenvalue weighted by atomic mass is 10.1. The van der Waals surface area contributed by atoms with E-state index >= 15 is 0 Å². The van der Waals surface area contributed by atoms with Crippen LogP contribution in [-0.4, -0.2) is 35.4 Å². The van der Waals surface area contributed by atoms with Crippen molar-refractivity contribution in [2.75, 3.05) is 13.1 Å². The van der Waals surface area contributed by atoms with Gasteiger partial charge in [-0.15, -0.1) is 12.4 Å². The van der Waals surface area contributed by atoms with Crippen molar-refractivity contribution in [1.82, 2.24) is 15.6 Å². The van der Waals surface area contributed by atoms with Gasteiger partial charge >= 0.3 is 0 Å². The fourth-order valence-electron chi connectivity index (χ4n) is 2.37. The summed E-state index contributed by atoms with van der Waals surface area (Å²) in [7, 11) is 0. The van der Waals surface area contributed by atoms with Crippen LogP contribution in [0.5, 0.6) is 0 Å². The van der Waals surface area contributed by atoms with Crippen molar-refractivity contribution in [2.45, 2.75) is 36.8 Å². The van der Waals surface area contributed by atoms with E-state index in [4.69, 9.17) is 11.5 Å². The summed E-state index contributed by atoms with van der Waals surface area (Å²) in [6.45, 7) is 0.826. The van der Waals surface area contributed by atoms with Gasteiger partial charge in [0.1, 0.15) is 0 Å². The number of nitrogens with one attached hydrogen (secondary N) is 2. The van der Waals surface area contributed by atoms with Gasteiger partial charge in [-0.1, -0.05) is 0 Å². The summed E-state index contributed by atoms with van der Waals surface area (Å²) in [5, 5.41) is 5.72. The predicted molar refractivity (Wildman–Crippen MR) is 88.1 cm³/mol. The molecule has 0 unspecified atom stereocenters. The van der Waals surface area contributed by atoms with Crippen LogP contribution in [0.2, 0.25) is 0 Å². The lowest BCUT2D eigenvalue weighted by molar-refractivity contribution is -0.124. The second kappa shape index (κ2) is 6.43. The molecule has 0 atom stereocenters. The molecule has 0 spiro atoms. The molecule has 0 aliphatic heterocycles. The van der Waals surface area contributed by atoms with Gasteiger partial charge in [-0.25, -0.2) is 0 Å². The number of pyridine rings is 1. The molecular formula is C15H22ClN5O2. The Labute approximate surface area is 141 Å². The number of halogens is 1. The third-order valence-electron chi connectivity index (χ3n) is 4.29. The van der Waals surface area contributed by atoms with Crippen molar-refractivity contribution in [3.8, 4) is 0 Å². The Morgan fingerprint density at radius 1 is 1.22 bits per heavy atom. The number of carbonyl (C=O) groups is 2. The molecule has 3 rings (SSSR count). The van der Waals surface area contributed by atoms with E-state index in [1.807, 2.05) is 0 Å². The Bertz CT molecular complexity index is 596. The highest BCUT2D eigenvalue weighted by Crippen LogP contribution is 2.46. The molecule has 1 aromatic rings. The van der Waals surface area contributed by atoms with Gasteiger partial charge in [-0.05, 0) is 37.8 Å². The maximum absolute atomic E-state index is 12.1. The van der Waals surface area contributed by atoms with Gasteiger partial charge in [0, 0.05) is 19.3 Å². The summed E-state index contributed by atoms with van der Waals surface area (Å²) in [6, 6.07) is 3.51. The molecule has 6 N–H and O–H groups in total. The molecule has 8 heteroatoms. The number of amides is 2. The number of nitrogens with two attached hydrogens (primary N) is 2. The van der Waals surface area contributed by atoms with Gasteiger partial charge in [0.15, 0.2) is 0 Å². The summed E-state index contributed by atoms with van der Waals surface area (Å²) in [5.74, 6) is -0.297. The van der Waals surface area contributed by atoms with Crippen molar-refractivity contribution in [3.63, 3.8) is 0 Å². The zero-order valence-corrected chi connectivity index (χ0v) is 13.6. The quantitative estimate of drug-likeness (QED) is 0.571. The largest absolute Gasteiger partial charge is 0.351 e. The smallest absolute Gasteiger partial charge is 0.252 e. The van der Waals surface area contributed by atoms with Gasteiger partial charge in [0.05, 0.1) is 22.3 Å². The van der Waals surface area contributed by atoms with Crippen LogP contribution in [0.3, 0.4) is 0 Å². The lowest BCUT2D eigenvalue weighted by Crippen LogP contribution is -2.47. The Morgan fingerprint density at radius 2 is 1.91 bits per heavy atom. The fourth-order valence-corrected chi connectivity index (χ4v) is 2.37. The molecule has 0 aromatic carbocycles. The van der Waals surface area contributed by atoms with Crippen LogP contribution in [0.25, 0.3) is 0 Å². The minimum atomic E-state index is -0.683. The average Bonchev–Trinajstić information content (AvgIpc) is 3.44. The number of carbonyl (C=O) groups excluding carboxylic acids is 2. The number of nitrogens with zero attached hydrogens (tertiary/aromatic N) is 1. The van der Waals surface area contributed by atoms with Gasteiger partial charge in [0.25, 0.3) is 5.91 Å². The van der Waals surface area contributed by atoms with Crippen molar-refractivity contribution in [1.29, 1.82) is 0 Å². The number of hydrogen-bond acceptors (Lipinski definition) is 5. The first-order valence-corrected chi connectivity index (χ1v) is 7.55. The molecule has 2 saturated carbocycles. The average molecular weight is 340 g/mol. The first-order valence-electron chi connectivity index (χ1n) is 7.55. The highest BCUT2D eigenvalue weighted by Gasteiger charge is 2.53. The minimum absolute atomic E-state index is 0. The number of rotatable bonds is 6. The van der Waals surface area contributed by atoms with E-state index in [-0.39, 0.29) is 24.2 Å². The van der Waals surface area contributed by atoms with Gasteiger partial charge in [0.2, 0.25) is 5.91 Å². The first-order chi connectivity index (χ1) is 10.5. The molecule has 0 bridgehead atoms. The first kappa shape index (κ1) is 17.7. The zero-order chi connectivity index (χ0) is 15.8. The molecule has 2 fully saturated rings. The van der Waals surface area contributed by atoms with Gasteiger partial charge in [-0.3, -0.25) is 14.6 Å². The van der Waals surface area contributed by atoms with Crippen LogP contribution >= 0.6 is 12.4 Å². The van der Waals surface area contributed by atoms with Crippen LogP contribution in [0, 0.1) is 0 Å².